The standard InChI is InChI=1S/C21H27ClFN5O/c1-2-24-21(26-14-16-3-8-20(22)25-13-16)27-15-19(28-9-11-29-12-10-28)17-4-6-18(23)7-5-17/h3-8,13,19H,2,9-12,14-15H2,1H3,(H2,24,26,27). The van der Waals surface area contributed by atoms with Crippen LogP contribution in [0.25, 0.3) is 0 Å². The molecule has 2 N–H and O–H groups in total. The van der Waals surface area contributed by atoms with Crippen LogP contribution in [0.5, 0.6) is 0 Å². The number of nitrogens with zero attached hydrogens (tertiary/aromatic N) is 3. The fourth-order valence-electron chi connectivity index (χ4n) is 3.24. The number of hydrogen-bond donors (Lipinski definition) is 2. The van der Waals surface area contributed by atoms with Gasteiger partial charge in [-0.2, -0.15) is 0 Å². The number of morpholine rings is 1. The van der Waals surface area contributed by atoms with Crippen LogP contribution in [0, 0.1) is 5.82 Å². The maximum atomic E-state index is 13.4. The van der Waals surface area contributed by atoms with Crippen LogP contribution >= 0.6 is 11.6 Å². The van der Waals surface area contributed by atoms with E-state index in [1.807, 2.05) is 25.1 Å². The monoisotopic (exact) mass is 419 g/mol. The Bertz CT molecular complexity index is 779. The Balaban J connectivity index is 1.69. The van der Waals surface area contributed by atoms with Gasteiger partial charge in [0.05, 0.1) is 25.8 Å². The van der Waals surface area contributed by atoms with E-state index in [1.54, 1.807) is 12.3 Å². The molecule has 8 heteroatoms. The van der Waals surface area contributed by atoms with Gasteiger partial charge in [0.1, 0.15) is 11.0 Å². The Hall–Kier alpha value is -2.22. The summed E-state index contributed by atoms with van der Waals surface area (Å²) < 4.78 is 18.9. The molecule has 1 aliphatic heterocycles. The summed E-state index contributed by atoms with van der Waals surface area (Å²) in [5.41, 5.74) is 2.05. The molecule has 6 nitrogen and oxygen atoms in total. The Morgan fingerprint density at radius 1 is 1.21 bits per heavy atom. The molecular formula is C21H27ClFN5O. The lowest BCUT2D eigenvalue weighted by Gasteiger charge is -2.35. The first-order valence-electron chi connectivity index (χ1n) is 9.85. The van der Waals surface area contributed by atoms with E-state index < -0.39 is 0 Å². The number of aliphatic imine (C=N–C) groups is 1. The minimum absolute atomic E-state index is 0.0977. The third-order valence-electron chi connectivity index (χ3n) is 4.76. The summed E-state index contributed by atoms with van der Waals surface area (Å²) in [6, 6.07) is 10.5. The molecule has 156 valence electrons. The van der Waals surface area contributed by atoms with Gasteiger partial charge in [-0.25, -0.2) is 14.4 Å². The van der Waals surface area contributed by atoms with Gasteiger partial charge in [0.25, 0.3) is 0 Å². The topological polar surface area (TPSA) is 61.8 Å². The molecule has 0 amide bonds. The highest BCUT2D eigenvalue weighted by Gasteiger charge is 2.23. The van der Waals surface area contributed by atoms with E-state index in [-0.39, 0.29) is 11.9 Å². The van der Waals surface area contributed by atoms with Crippen LogP contribution in [0.1, 0.15) is 24.1 Å². The van der Waals surface area contributed by atoms with E-state index in [0.29, 0.717) is 31.5 Å². The van der Waals surface area contributed by atoms with Crippen molar-refractivity contribution < 1.29 is 9.13 Å². The van der Waals surface area contributed by atoms with Crippen molar-refractivity contribution in [1.82, 2.24) is 20.5 Å². The molecule has 1 aromatic carbocycles. The van der Waals surface area contributed by atoms with Gasteiger partial charge >= 0.3 is 0 Å². The van der Waals surface area contributed by atoms with Crippen LogP contribution in [0.15, 0.2) is 47.6 Å². The minimum Gasteiger partial charge on any atom is -0.379 e. The lowest BCUT2D eigenvalue weighted by atomic mass is 10.0. The summed E-state index contributed by atoms with van der Waals surface area (Å²) in [7, 11) is 0. The normalized spacial score (nSPS) is 16.4. The van der Waals surface area contributed by atoms with Crippen LogP contribution in [0.3, 0.4) is 0 Å². The maximum absolute atomic E-state index is 13.4. The van der Waals surface area contributed by atoms with Crippen molar-refractivity contribution in [1.29, 1.82) is 0 Å². The minimum atomic E-state index is -0.228. The molecule has 1 aromatic heterocycles. The fourth-order valence-corrected chi connectivity index (χ4v) is 3.35. The van der Waals surface area contributed by atoms with E-state index in [0.717, 1.165) is 36.7 Å². The van der Waals surface area contributed by atoms with Crippen molar-refractivity contribution in [3.05, 3.63) is 64.7 Å². The first kappa shape index (κ1) is 21.5. The molecule has 1 fully saturated rings. The van der Waals surface area contributed by atoms with Gasteiger partial charge < -0.3 is 15.4 Å². The molecule has 1 aliphatic rings. The van der Waals surface area contributed by atoms with E-state index in [4.69, 9.17) is 16.3 Å². The molecular weight excluding hydrogens is 393 g/mol. The van der Waals surface area contributed by atoms with Crippen LogP contribution in [0.4, 0.5) is 4.39 Å². The Morgan fingerprint density at radius 2 is 1.97 bits per heavy atom. The van der Waals surface area contributed by atoms with Gasteiger partial charge in [-0.05, 0) is 36.2 Å². The van der Waals surface area contributed by atoms with E-state index in [1.165, 1.54) is 12.1 Å². The van der Waals surface area contributed by atoms with Crippen LogP contribution in [-0.4, -0.2) is 55.2 Å². The smallest absolute Gasteiger partial charge is 0.191 e. The number of rotatable bonds is 7. The zero-order valence-electron chi connectivity index (χ0n) is 16.6. The van der Waals surface area contributed by atoms with Gasteiger partial charge in [-0.1, -0.05) is 29.8 Å². The number of benzene rings is 1. The highest BCUT2D eigenvalue weighted by atomic mass is 35.5. The Morgan fingerprint density at radius 3 is 2.62 bits per heavy atom. The van der Waals surface area contributed by atoms with Crippen molar-refractivity contribution in [3.8, 4) is 0 Å². The quantitative estimate of drug-likeness (QED) is 0.410. The summed E-state index contributed by atoms with van der Waals surface area (Å²) in [6.07, 6.45) is 1.73. The lowest BCUT2D eigenvalue weighted by Crippen LogP contribution is -2.46. The predicted molar refractivity (Wildman–Crippen MR) is 114 cm³/mol. The first-order chi connectivity index (χ1) is 14.2. The maximum Gasteiger partial charge on any atom is 0.191 e. The molecule has 1 saturated heterocycles. The summed E-state index contributed by atoms with van der Waals surface area (Å²) in [6.45, 7) is 7.02. The molecule has 1 atom stereocenters. The highest BCUT2D eigenvalue weighted by molar-refractivity contribution is 6.29. The summed E-state index contributed by atoms with van der Waals surface area (Å²) in [4.78, 5) is 11.1. The van der Waals surface area contributed by atoms with Crippen molar-refractivity contribution in [2.75, 3.05) is 39.4 Å². The molecule has 1 unspecified atom stereocenters. The van der Waals surface area contributed by atoms with Gasteiger partial charge in [0.2, 0.25) is 0 Å². The number of nitrogens with one attached hydrogen (secondary N) is 2. The number of ether oxygens (including phenoxy) is 1. The zero-order valence-corrected chi connectivity index (χ0v) is 17.3. The van der Waals surface area contributed by atoms with E-state index in [9.17, 15) is 4.39 Å². The van der Waals surface area contributed by atoms with E-state index in [2.05, 4.69) is 25.5 Å². The third-order valence-corrected chi connectivity index (χ3v) is 4.98. The molecule has 0 aliphatic carbocycles. The van der Waals surface area contributed by atoms with Crippen molar-refractivity contribution in [2.24, 2.45) is 4.99 Å². The first-order valence-corrected chi connectivity index (χ1v) is 10.2. The molecule has 29 heavy (non-hydrogen) atoms. The molecule has 0 radical (unpaired) electrons. The number of aromatic nitrogens is 1. The second kappa shape index (κ2) is 11.1. The van der Waals surface area contributed by atoms with Crippen molar-refractivity contribution in [3.63, 3.8) is 0 Å². The number of halogens is 2. The second-order valence-electron chi connectivity index (χ2n) is 6.78. The van der Waals surface area contributed by atoms with Crippen molar-refractivity contribution in [2.45, 2.75) is 19.5 Å². The van der Waals surface area contributed by atoms with E-state index >= 15 is 0 Å². The number of pyridine rings is 1. The lowest BCUT2D eigenvalue weighted by molar-refractivity contribution is 0.0170. The second-order valence-corrected chi connectivity index (χ2v) is 7.17. The molecule has 3 rings (SSSR count). The largest absolute Gasteiger partial charge is 0.379 e. The molecule has 2 heterocycles. The summed E-state index contributed by atoms with van der Waals surface area (Å²) >= 11 is 5.84. The molecule has 0 spiro atoms. The van der Waals surface area contributed by atoms with Crippen LogP contribution in [0.2, 0.25) is 5.15 Å². The van der Waals surface area contributed by atoms with Gasteiger partial charge in [-0.15, -0.1) is 0 Å². The highest BCUT2D eigenvalue weighted by Crippen LogP contribution is 2.21. The molecule has 0 bridgehead atoms. The fraction of sp³-hybridized carbons (Fsp3) is 0.429. The average Bonchev–Trinajstić information content (AvgIpc) is 2.75. The predicted octanol–water partition coefficient (Wildman–Crippen LogP) is 3.00. The Kier molecular flexibility index (Phi) is 8.22. The summed E-state index contributed by atoms with van der Waals surface area (Å²) in [5.74, 6) is 0.497. The number of guanidine groups is 1. The molecule has 0 saturated carbocycles. The zero-order chi connectivity index (χ0) is 20.5. The van der Waals surface area contributed by atoms with Gasteiger partial charge in [-0.3, -0.25) is 4.90 Å². The Labute approximate surface area is 176 Å². The van der Waals surface area contributed by atoms with Crippen LogP contribution < -0.4 is 10.6 Å². The summed E-state index contributed by atoms with van der Waals surface area (Å²) in [5, 5.41) is 7.17. The van der Waals surface area contributed by atoms with Crippen LogP contribution in [-0.2, 0) is 11.3 Å². The average molecular weight is 420 g/mol. The van der Waals surface area contributed by atoms with Crippen molar-refractivity contribution >= 4 is 17.6 Å². The third kappa shape index (κ3) is 6.66. The van der Waals surface area contributed by atoms with Gasteiger partial charge in [0.15, 0.2) is 5.96 Å². The number of hydrogen-bond acceptors (Lipinski definition) is 4. The van der Waals surface area contributed by atoms with Gasteiger partial charge in [0, 0.05) is 32.4 Å². The SMILES string of the molecule is CCNC(=NCc1ccc(Cl)nc1)NCC(c1ccc(F)cc1)N1CCOCC1. The molecule has 2 aromatic rings.